The van der Waals surface area contributed by atoms with Crippen molar-refractivity contribution in [3.63, 3.8) is 0 Å². The lowest BCUT2D eigenvalue weighted by Crippen LogP contribution is -2.01. The maximum absolute atomic E-state index is 10.8. The fourth-order valence-corrected chi connectivity index (χ4v) is 2.50. The Hall–Kier alpha value is -1.00. The monoisotopic (exact) mass is 240 g/mol. The number of aliphatic hydroxyl groups is 1. The van der Waals surface area contributed by atoms with Crippen LogP contribution in [0.2, 0.25) is 0 Å². The summed E-state index contributed by atoms with van der Waals surface area (Å²) >= 11 is 1.65. The summed E-state index contributed by atoms with van der Waals surface area (Å²) in [5.74, 6) is -0.891. The summed E-state index contributed by atoms with van der Waals surface area (Å²) in [5, 5.41) is 18.0. The first kappa shape index (κ1) is 13.1. The number of benzene rings is 1. The molecule has 0 fully saturated rings. The maximum Gasteiger partial charge on any atom is 0.335 e. The van der Waals surface area contributed by atoms with Gasteiger partial charge in [0, 0.05) is 16.8 Å². The van der Waals surface area contributed by atoms with Crippen LogP contribution in [0.3, 0.4) is 0 Å². The third-order valence-corrected chi connectivity index (χ3v) is 3.47. The van der Waals surface area contributed by atoms with E-state index in [-0.39, 0.29) is 6.61 Å². The summed E-state index contributed by atoms with van der Waals surface area (Å²) in [5.41, 5.74) is 1.12. The zero-order valence-electron chi connectivity index (χ0n) is 9.43. The molecule has 1 aromatic carbocycles. The summed E-state index contributed by atoms with van der Waals surface area (Å²) in [4.78, 5) is 11.9. The minimum absolute atomic E-state index is 0.181. The van der Waals surface area contributed by atoms with E-state index in [2.05, 4.69) is 0 Å². The van der Waals surface area contributed by atoms with Crippen molar-refractivity contribution in [1.82, 2.24) is 0 Å². The van der Waals surface area contributed by atoms with Gasteiger partial charge in [0.2, 0.25) is 0 Å². The zero-order chi connectivity index (χ0) is 12.1. The Balaban J connectivity index is 2.77. The summed E-state index contributed by atoms with van der Waals surface area (Å²) in [6, 6.07) is 5.32. The molecule has 0 radical (unpaired) electrons. The maximum atomic E-state index is 10.8. The molecule has 0 heterocycles. The first-order valence-electron chi connectivity index (χ1n) is 5.16. The van der Waals surface area contributed by atoms with E-state index in [0.717, 1.165) is 16.9 Å². The second-order valence-corrected chi connectivity index (χ2v) is 5.23. The van der Waals surface area contributed by atoms with E-state index in [1.54, 1.807) is 24.8 Å². The first-order chi connectivity index (χ1) is 7.54. The number of thioether (sulfide) groups is 1. The number of aromatic carboxylic acids is 1. The van der Waals surface area contributed by atoms with Crippen molar-refractivity contribution in [2.24, 2.45) is 0 Å². The first-order valence-corrected chi connectivity index (χ1v) is 6.04. The molecule has 2 N–H and O–H groups in total. The van der Waals surface area contributed by atoms with E-state index in [9.17, 15) is 4.79 Å². The van der Waals surface area contributed by atoms with Crippen LogP contribution >= 0.6 is 11.8 Å². The summed E-state index contributed by atoms with van der Waals surface area (Å²) in [6.07, 6.45) is 0.740. The van der Waals surface area contributed by atoms with Crippen molar-refractivity contribution in [1.29, 1.82) is 0 Å². The lowest BCUT2D eigenvalue weighted by atomic mass is 10.1. The molecule has 0 aliphatic heterocycles. The number of aliphatic hydroxyl groups excluding tert-OH is 1. The molecule has 0 saturated heterocycles. The minimum atomic E-state index is -0.891. The molecule has 0 spiro atoms. The van der Waals surface area contributed by atoms with Crippen LogP contribution in [-0.2, 0) is 0 Å². The van der Waals surface area contributed by atoms with Gasteiger partial charge in [0.25, 0.3) is 0 Å². The van der Waals surface area contributed by atoms with Crippen molar-refractivity contribution >= 4 is 17.7 Å². The molecule has 1 aromatic rings. The van der Waals surface area contributed by atoms with Crippen LogP contribution in [0.15, 0.2) is 23.1 Å². The minimum Gasteiger partial charge on any atom is -0.478 e. The molecular formula is C12H16O3S. The van der Waals surface area contributed by atoms with Crippen molar-refractivity contribution in [2.75, 3.05) is 6.61 Å². The van der Waals surface area contributed by atoms with E-state index in [1.165, 1.54) is 0 Å². The van der Waals surface area contributed by atoms with Crippen molar-refractivity contribution in [3.8, 4) is 0 Å². The lowest BCUT2D eigenvalue weighted by molar-refractivity contribution is 0.0696. The molecule has 0 aliphatic rings. The highest BCUT2D eigenvalue weighted by Gasteiger charge is 2.09. The van der Waals surface area contributed by atoms with Crippen molar-refractivity contribution in [2.45, 2.75) is 30.4 Å². The van der Waals surface area contributed by atoms with Crippen LogP contribution < -0.4 is 0 Å². The standard InChI is InChI=1S/C12H16O3S/c1-8-7-10(16-9(2)5-6-13)3-4-11(8)12(14)15/h3-4,7,9,13H,5-6H2,1-2H3,(H,14,15). The number of aryl methyl sites for hydroxylation is 1. The smallest absolute Gasteiger partial charge is 0.335 e. The molecule has 4 heteroatoms. The van der Waals surface area contributed by atoms with Crippen molar-refractivity contribution < 1.29 is 15.0 Å². The number of carboxylic acid groups (broad SMARTS) is 1. The molecule has 0 saturated carbocycles. The number of hydrogen-bond donors (Lipinski definition) is 2. The number of hydrogen-bond acceptors (Lipinski definition) is 3. The molecule has 0 aromatic heterocycles. The Morgan fingerprint density at radius 2 is 2.19 bits per heavy atom. The quantitative estimate of drug-likeness (QED) is 0.777. The average molecular weight is 240 g/mol. The normalized spacial score (nSPS) is 12.4. The predicted molar refractivity (Wildman–Crippen MR) is 65.2 cm³/mol. The molecule has 0 amide bonds. The van der Waals surface area contributed by atoms with E-state index < -0.39 is 5.97 Å². The molecule has 3 nitrogen and oxygen atoms in total. The molecule has 1 atom stereocenters. The van der Waals surface area contributed by atoms with Crippen LogP contribution in [0.5, 0.6) is 0 Å². The second-order valence-electron chi connectivity index (χ2n) is 3.72. The van der Waals surface area contributed by atoms with Crippen LogP contribution in [-0.4, -0.2) is 28.0 Å². The summed E-state index contributed by atoms with van der Waals surface area (Å²) in [6.45, 7) is 4.02. The third kappa shape index (κ3) is 3.54. The largest absolute Gasteiger partial charge is 0.478 e. The Morgan fingerprint density at radius 3 is 2.69 bits per heavy atom. The molecule has 1 rings (SSSR count). The van der Waals surface area contributed by atoms with Gasteiger partial charge in [-0.15, -0.1) is 11.8 Å². The zero-order valence-corrected chi connectivity index (χ0v) is 10.3. The van der Waals surface area contributed by atoms with Gasteiger partial charge in [0.1, 0.15) is 0 Å². The lowest BCUT2D eigenvalue weighted by Gasteiger charge is -2.10. The number of carboxylic acids is 1. The van der Waals surface area contributed by atoms with E-state index in [1.807, 2.05) is 19.1 Å². The molecule has 0 bridgehead atoms. The van der Waals surface area contributed by atoms with Gasteiger partial charge >= 0.3 is 5.97 Å². The highest BCUT2D eigenvalue weighted by molar-refractivity contribution is 7.99. The summed E-state index contributed by atoms with van der Waals surface area (Å²) < 4.78 is 0. The predicted octanol–water partition coefficient (Wildman–Crippen LogP) is 2.56. The SMILES string of the molecule is Cc1cc(SC(C)CCO)ccc1C(=O)O. The van der Waals surface area contributed by atoms with Crippen molar-refractivity contribution in [3.05, 3.63) is 29.3 Å². The highest BCUT2D eigenvalue weighted by Crippen LogP contribution is 2.26. The van der Waals surface area contributed by atoms with Gasteiger partial charge < -0.3 is 10.2 Å². The van der Waals surface area contributed by atoms with Gasteiger partial charge in [-0.05, 0) is 37.1 Å². The Bertz CT molecular complexity index is 377. The number of rotatable bonds is 5. The fraction of sp³-hybridized carbons (Fsp3) is 0.417. The Morgan fingerprint density at radius 1 is 1.50 bits per heavy atom. The molecule has 88 valence electrons. The Kier molecular flexibility index (Phi) is 4.83. The molecule has 1 unspecified atom stereocenters. The van der Waals surface area contributed by atoms with Crippen LogP contribution in [0.1, 0.15) is 29.3 Å². The third-order valence-electron chi connectivity index (χ3n) is 2.30. The highest BCUT2D eigenvalue weighted by atomic mass is 32.2. The van der Waals surface area contributed by atoms with E-state index >= 15 is 0 Å². The van der Waals surface area contributed by atoms with E-state index in [0.29, 0.717) is 10.8 Å². The molecular weight excluding hydrogens is 224 g/mol. The van der Waals surface area contributed by atoms with Crippen LogP contribution in [0.4, 0.5) is 0 Å². The van der Waals surface area contributed by atoms with Gasteiger partial charge in [-0.25, -0.2) is 4.79 Å². The van der Waals surface area contributed by atoms with Gasteiger partial charge in [0.05, 0.1) is 5.56 Å². The van der Waals surface area contributed by atoms with Gasteiger partial charge in [-0.1, -0.05) is 6.92 Å². The fourth-order valence-electron chi connectivity index (χ4n) is 1.42. The van der Waals surface area contributed by atoms with E-state index in [4.69, 9.17) is 10.2 Å². The topological polar surface area (TPSA) is 57.5 Å². The summed E-state index contributed by atoms with van der Waals surface area (Å²) in [7, 11) is 0. The van der Waals surface area contributed by atoms with Gasteiger partial charge in [-0.3, -0.25) is 0 Å². The second kappa shape index (κ2) is 5.92. The number of carbonyl (C=O) groups is 1. The molecule has 16 heavy (non-hydrogen) atoms. The average Bonchev–Trinajstić information content (AvgIpc) is 2.17. The van der Waals surface area contributed by atoms with Crippen LogP contribution in [0, 0.1) is 6.92 Å². The van der Waals surface area contributed by atoms with Gasteiger partial charge in [0.15, 0.2) is 0 Å². The van der Waals surface area contributed by atoms with Crippen LogP contribution in [0.25, 0.3) is 0 Å². The van der Waals surface area contributed by atoms with Gasteiger partial charge in [-0.2, -0.15) is 0 Å². The molecule has 0 aliphatic carbocycles. The Labute approximate surface area is 99.5 Å².